The third-order valence-electron chi connectivity index (χ3n) is 2.34. The van der Waals surface area contributed by atoms with Gasteiger partial charge in [-0.05, 0) is 30.7 Å². The first-order valence-electron chi connectivity index (χ1n) is 4.64. The summed E-state index contributed by atoms with van der Waals surface area (Å²) in [6, 6.07) is 6.26. The Kier molecular flexibility index (Phi) is 2.56. The molecule has 0 amide bonds. The minimum atomic E-state index is -4.61. The molecule has 2 rings (SSSR count). The second kappa shape index (κ2) is 3.73. The zero-order chi connectivity index (χ0) is 10.9. The normalized spacial score (nSPS) is 20.9. The topological polar surface area (TPSA) is 21.3 Å². The molecule has 0 radical (unpaired) electrons. The summed E-state index contributed by atoms with van der Waals surface area (Å²) < 4.78 is 39.3. The van der Waals surface area contributed by atoms with Crippen molar-refractivity contribution in [3.05, 3.63) is 29.8 Å². The van der Waals surface area contributed by atoms with Gasteiger partial charge in [-0.3, -0.25) is 0 Å². The molecule has 1 N–H and O–H groups in total. The van der Waals surface area contributed by atoms with E-state index in [1.807, 2.05) is 0 Å². The predicted molar refractivity (Wildman–Crippen MR) is 48.5 cm³/mol. The van der Waals surface area contributed by atoms with E-state index in [4.69, 9.17) is 0 Å². The maximum Gasteiger partial charge on any atom is 0.573 e. The Morgan fingerprint density at radius 1 is 1.20 bits per heavy atom. The van der Waals surface area contributed by atoms with Crippen LogP contribution in [0.3, 0.4) is 0 Å². The summed E-state index contributed by atoms with van der Waals surface area (Å²) >= 11 is 0. The molecule has 1 heterocycles. The summed E-state index contributed by atoms with van der Waals surface area (Å²) in [5.41, 5.74) is 0.996. The van der Waals surface area contributed by atoms with Crippen LogP contribution in [0.2, 0.25) is 0 Å². The second-order valence-electron chi connectivity index (χ2n) is 3.41. The molecule has 0 bridgehead atoms. The van der Waals surface area contributed by atoms with Crippen LogP contribution in [0.15, 0.2) is 24.3 Å². The Morgan fingerprint density at radius 3 is 2.20 bits per heavy atom. The van der Waals surface area contributed by atoms with E-state index in [9.17, 15) is 13.2 Å². The molecule has 0 saturated carbocycles. The van der Waals surface area contributed by atoms with Crippen LogP contribution in [0.1, 0.15) is 18.0 Å². The zero-order valence-corrected chi connectivity index (χ0v) is 7.84. The van der Waals surface area contributed by atoms with Gasteiger partial charge in [0.15, 0.2) is 0 Å². The van der Waals surface area contributed by atoms with Crippen LogP contribution in [0.25, 0.3) is 0 Å². The van der Waals surface area contributed by atoms with E-state index in [1.54, 1.807) is 12.1 Å². The maximum absolute atomic E-state index is 11.8. The average Bonchev–Trinajstić information content (AvgIpc) is 2.02. The van der Waals surface area contributed by atoms with Crippen LogP contribution in [0.5, 0.6) is 5.75 Å². The molecule has 1 aromatic carbocycles. The molecule has 0 aliphatic carbocycles. The van der Waals surface area contributed by atoms with Crippen LogP contribution in [-0.2, 0) is 0 Å². The van der Waals surface area contributed by atoms with E-state index in [0.717, 1.165) is 18.5 Å². The fraction of sp³-hybridized carbons (Fsp3) is 0.400. The monoisotopic (exact) mass is 217 g/mol. The molecule has 0 spiro atoms. The van der Waals surface area contributed by atoms with Gasteiger partial charge in [0.1, 0.15) is 5.75 Å². The first-order valence-corrected chi connectivity index (χ1v) is 4.64. The average molecular weight is 217 g/mol. The van der Waals surface area contributed by atoms with Gasteiger partial charge in [-0.1, -0.05) is 12.1 Å². The molecular formula is C10H10F3NO. The third kappa shape index (κ3) is 2.62. The molecular weight excluding hydrogens is 207 g/mol. The van der Waals surface area contributed by atoms with Gasteiger partial charge in [-0.25, -0.2) is 0 Å². The van der Waals surface area contributed by atoms with Crippen molar-refractivity contribution in [3.63, 3.8) is 0 Å². The van der Waals surface area contributed by atoms with Crippen molar-refractivity contribution in [1.29, 1.82) is 0 Å². The SMILES string of the molecule is FC(F)(F)Oc1ccc([C@@H]2CCN2)cc1. The van der Waals surface area contributed by atoms with Crippen molar-refractivity contribution < 1.29 is 17.9 Å². The van der Waals surface area contributed by atoms with Gasteiger partial charge in [-0.15, -0.1) is 13.2 Å². The van der Waals surface area contributed by atoms with Crippen LogP contribution in [-0.4, -0.2) is 12.9 Å². The maximum atomic E-state index is 11.8. The third-order valence-corrected chi connectivity index (χ3v) is 2.34. The summed E-state index contributed by atoms with van der Waals surface area (Å²) in [7, 11) is 0. The number of rotatable bonds is 2. The van der Waals surface area contributed by atoms with Crippen LogP contribution < -0.4 is 10.1 Å². The van der Waals surface area contributed by atoms with E-state index in [-0.39, 0.29) is 11.8 Å². The van der Waals surface area contributed by atoms with E-state index in [0.29, 0.717) is 0 Å². The van der Waals surface area contributed by atoms with Crippen molar-refractivity contribution >= 4 is 0 Å². The highest BCUT2D eigenvalue weighted by Gasteiger charge is 2.31. The molecule has 5 heteroatoms. The molecule has 0 unspecified atom stereocenters. The van der Waals surface area contributed by atoms with Gasteiger partial charge in [0, 0.05) is 6.04 Å². The lowest BCUT2D eigenvalue weighted by Gasteiger charge is -2.28. The van der Waals surface area contributed by atoms with Crippen molar-refractivity contribution in [3.8, 4) is 5.75 Å². The lowest BCUT2D eigenvalue weighted by Crippen LogP contribution is -2.34. The van der Waals surface area contributed by atoms with Crippen molar-refractivity contribution in [2.45, 2.75) is 18.8 Å². The summed E-state index contributed by atoms with van der Waals surface area (Å²) in [6.07, 6.45) is -3.59. The molecule has 1 aliphatic heterocycles. The van der Waals surface area contributed by atoms with Crippen LogP contribution in [0, 0.1) is 0 Å². The highest BCUT2D eigenvalue weighted by molar-refractivity contribution is 5.30. The molecule has 1 atom stereocenters. The summed E-state index contributed by atoms with van der Waals surface area (Å²) in [5, 5.41) is 3.17. The smallest absolute Gasteiger partial charge is 0.406 e. The molecule has 0 aromatic heterocycles. The number of hydrogen-bond acceptors (Lipinski definition) is 2. The van der Waals surface area contributed by atoms with Crippen LogP contribution in [0.4, 0.5) is 13.2 Å². The van der Waals surface area contributed by atoms with Gasteiger partial charge >= 0.3 is 6.36 Å². The van der Waals surface area contributed by atoms with Crippen molar-refractivity contribution in [2.75, 3.05) is 6.54 Å². The van der Waals surface area contributed by atoms with E-state index >= 15 is 0 Å². The van der Waals surface area contributed by atoms with E-state index in [1.165, 1.54) is 12.1 Å². The Balaban J connectivity index is 2.03. The minimum absolute atomic E-state index is 0.175. The highest BCUT2D eigenvalue weighted by atomic mass is 19.4. The molecule has 1 aromatic rings. The number of hydrogen-bond donors (Lipinski definition) is 1. The van der Waals surface area contributed by atoms with Gasteiger partial charge in [-0.2, -0.15) is 0 Å². The lowest BCUT2D eigenvalue weighted by atomic mass is 9.98. The van der Waals surface area contributed by atoms with Crippen molar-refractivity contribution in [1.82, 2.24) is 5.32 Å². The second-order valence-corrected chi connectivity index (χ2v) is 3.41. The summed E-state index contributed by atoms with van der Waals surface area (Å²) in [4.78, 5) is 0. The molecule has 1 aliphatic rings. The summed E-state index contributed by atoms with van der Waals surface area (Å²) in [6.45, 7) is 0.964. The Bertz CT molecular complexity index is 330. The van der Waals surface area contributed by atoms with Gasteiger partial charge in [0.2, 0.25) is 0 Å². The van der Waals surface area contributed by atoms with Gasteiger partial charge in [0.05, 0.1) is 0 Å². The van der Waals surface area contributed by atoms with Gasteiger partial charge < -0.3 is 10.1 Å². The molecule has 2 nitrogen and oxygen atoms in total. The Labute approximate surface area is 85.0 Å². The quantitative estimate of drug-likeness (QED) is 0.822. The minimum Gasteiger partial charge on any atom is -0.406 e. The van der Waals surface area contributed by atoms with E-state index < -0.39 is 6.36 Å². The highest BCUT2D eigenvalue weighted by Crippen LogP contribution is 2.27. The summed E-state index contributed by atoms with van der Waals surface area (Å²) in [5.74, 6) is -0.175. The number of ether oxygens (including phenoxy) is 1. The largest absolute Gasteiger partial charge is 0.573 e. The molecule has 1 saturated heterocycles. The zero-order valence-electron chi connectivity index (χ0n) is 7.84. The van der Waals surface area contributed by atoms with Crippen LogP contribution >= 0.6 is 0 Å². The first kappa shape index (κ1) is 10.3. The van der Waals surface area contributed by atoms with Gasteiger partial charge in [0.25, 0.3) is 0 Å². The Morgan fingerprint density at radius 2 is 1.80 bits per heavy atom. The molecule has 1 fully saturated rings. The number of halogens is 3. The number of benzene rings is 1. The first-order chi connectivity index (χ1) is 7.04. The predicted octanol–water partition coefficient (Wildman–Crippen LogP) is 2.62. The number of alkyl halides is 3. The van der Waals surface area contributed by atoms with E-state index in [2.05, 4.69) is 10.1 Å². The number of nitrogens with one attached hydrogen (secondary N) is 1. The van der Waals surface area contributed by atoms with Crippen molar-refractivity contribution in [2.24, 2.45) is 0 Å². The molecule has 15 heavy (non-hydrogen) atoms. The Hall–Kier alpha value is -1.23. The molecule has 82 valence electrons. The lowest BCUT2D eigenvalue weighted by molar-refractivity contribution is -0.274. The standard InChI is InChI=1S/C10H10F3NO/c11-10(12,13)15-8-3-1-7(2-4-8)9-5-6-14-9/h1-4,9,14H,5-6H2/t9-/m0/s1. The fourth-order valence-corrected chi connectivity index (χ4v) is 1.48. The fourth-order valence-electron chi connectivity index (χ4n) is 1.48.